The van der Waals surface area contributed by atoms with Crippen LogP contribution in [0.25, 0.3) is 0 Å². The van der Waals surface area contributed by atoms with Crippen LogP contribution in [0.5, 0.6) is 0 Å². The number of esters is 1. The van der Waals surface area contributed by atoms with Crippen molar-refractivity contribution in [2.24, 2.45) is 29.1 Å². The van der Waals surface area contributed by atoms with E-state index >= 15 is 0 Å². The number of carbonyl (C=O) groups excluding carboxylic acids is 1. The van der Waals surface area contributed by atoms with Crippen LogP contribution in [0.1, 0.15) is 108 Å². The minimum Gasteiger partial charge on any atom is -0.462 e. The SMILES string of the molecule is CC(=O)O[C@@H]1CCc2c(ccc3c2CC[C@@]2(C)[C@@H]([C@H](C)CC[C@H](C)C(C)C)CC[C@@H]32)C1. The molecule has 2 nitrogen and oxygen atoms in total. The van der Waals surface area contributed by atoms with Gasteiger partial charge in [0.15, 0.2) is 0 Å². The van der Waals surface area contributed by atoms with Crippen LogP contribution in [0.4, 0.5) is 0 Å². The fraction of sp³-hybridized carbons (Fsp3) is 0.759. The fourth-order valence-electron chi connectivity index (χ4n) is 7.40. The van der Waals surface area contributed by atoms with Gasteiger partial charge in [0.1, 0.15) is 6.10 Å². The van der Waals surface area contributed by atoms with Crippen molar-refractivity contribution in [2.75, 3.05) is 0 Å². The highest BCUT2D eigenvalue weighted by molar-refractivity contribution is 5.66. The second-order valence-electron chi connectivity index (χ2n) is 11.8. The molecule has 0 unspecified atom stereocenters. The van der Waals surface area contributed by atoms with E-state index in [1.807, 2.05) is 0 Å². The molecule has 3 aliphatic rings. The van der Waals surface area contributed by atoms with Crippen LogP contribution >= 0.6 is 0 Å². The Balaban J connectivity index is 1.51. The van der Waals surface area contributed by atoms with Crippen molar-refractivity contribution in [1.82, 2.24) is 0 Å². The molecular formula is C29H44O2. The molecule has 172 valence electrons. The molecule has 0 aliphatic heterocycles. The van der Waals surface area contributed by atoms with Gasteiger partial charge in [-0.3, -0.25) is 4.79 Å². The standard InChI is InChI=1S/C29H44O2/c1-18(2)19(3)7-8-20(4)27-13-14-28-26-11-9-22-17-23(31-21(5)30)10-12-24(22)25(26)15-16-29(27,28)6/h9,11,18-20,23,27-28H,7-8,10,12-17H2,1-6H3/t19-,20+,23+,27+,28-,29-/m0/s1. The summed E-state index contributed by atoms with van der Waals surface area (Å²) in [5, 5.41) is 0. The van der Waals surface area contributed by atoms with Crippen molar-refractivity contribution in [1.29, 1.82) is 0 Å². The van der Waals surface area contributed by atoms with Crippen LogP contribution in [0.3, 0.4) is 0 Å². The van der Waals surface area contributed by atoms with E-state index in [4.69, 9.17) is 4.74 Å². The second-order valence-corrected chi connectivity index (χ2v) is 11.8. The van der Waals surface area contributed by atoms with Crippen molar-refractivity contribution >= 4 is 5.97 Å². The summed E-state index contributed by atoms with van der Waals surface area (Å²) < 4.78 is 5.53. The molecular weight excluding hydrogens is 380 g/mol. The minimum absolute atomic E-state index is 0.0712. The molecule has 2 heteroatoms. The lowest BCUT2D eigenvalue weighted by Gasteiger charge is -2.45. The lowest BCUT2D eigenvalue weighted by atomic mass is 9.59. The molecule has 0 heterocycles. The zero-order valence-electron chi connectivity index (χ0n) is 20.8. The first-order valence-electron chi connectivity index (χ1n) is 13.0. The number of hydrogen-bond acceptors (Lipinski definition) is 2. The van der Waals surface area contributed by atoms with E-state index in [-0.39, 0.29) is 12.1 Å². The molecule has 1 fully saturated rings. The molecule has 0 bridgehead atoms. The third-order valence-electron chi connectivity index (χ3n) is 9.66. The maximum Gasteiger partial charge on any atom is 0.302 e. The van der Waals surface area contributed by atoms with Crippen molar-refractivity contribution in [3.63, 3.8) is 0 Å². The number of carbonyl (C=O) groups is 1. The van der Waals surface area contributed by atoms with Gasteiger partial charge in [0, 0.05) is 13.3 Å². The van der Waals surface area contributed by atoms with Gasteiger partial charge in [-0.25, -0.2) is 0 Å². The van der Waals surface area contributed by atoms with Gasteiger partial charge in [-0.2, -0.15) is 0 Å². The first kappa shape index (κ1) is 22.9. The lowest BCUT2D eigenvalue weighted by Crippen LogP contribution is -2.36. The van der Waals surface area contributed by atoms with Crippen LogP contribution in [-0.2, 0) is 28.8 Å². The van der Waals surface area contributed by atoms with E-state index in [0.29, 0.717) is 5.41 Å². The van der Waals surface area contributed by atoms with E-state index in [0.717, 1.165) is 48.9 Å². The van der Waals surface area contributed by atoms with Gasteiger partial charge >= 0.3 is 5.97 Å². The molecule has 1 aromatic rings. The molecule has 0 spiro atoms. The Bertz CT molecular complexity index is 809. The summed E-state index contributed by atoms with van der Waals surface area (Å²) in [5.74, 6) is 3.93. The van der Waals surface area contributed by atoms with Gasteiger partial charge in [0.2, 0.25) is 0 Å². The fourth-order valence-corrected chi connectivity index (χ4v) is 7.40. The highest BCUT2D eigenvalue weighted by atomic mass is 16.5. The first-order valence-corrected chi connectivity index (χ1v) is 13.0. The van der Waals surface area contributed by atoms with Crippen LogP contribution in [0.2, 0.25) is 0 Å². The summed E-state index contributed by atoms with van der Waals surface area (Å²) in [4.78, 5) is 11.4. The highest BCUT2D eigenvalue weighted by Crippen LogP contribution is 2.61. The van der Waals surface area contributed by atoms with Gasteiger partial charge < -0.3 is 4.74 Å². The van der Waals surface area contributed by atoms with Crippen LogP contribution in [0, 0.1) is 29.1 Å². The molecule has 0 aromatic heterocycles. The molecule has 3 aliphatic carbocycles. The predicted molar refractivity (Wildman–Crippen MR) is 128 cm³/mol. The predicted octanol–water partition coefficient (Wildman–Crippen LogP) is 7.26. The zero-order valence-corrected chi connectivity index (χ0v) is 20.8. The molecule has 6 atom stereocenters. The smallest absolute Gasteiger partial charge is 0.302 e. The van der Waals surface area contributed by atoms with Gasteiger partial charge in [-0.05, 0) is 95.8 Å². The number of ether oxygens (including phenoxy) is 1. The van der Waals surface area contributed by atoms with E-state index in [9.17, 15) is 4.79 Å². The van der Waals surface area contributed by atoms with Crippen LogP contribution in [-0.4, -0.2) is 12.1 Å². The molecule has 0 radical (unpaired) electrons. The highest BCUT2D eigenvalue weighted by Gasteiger charge is 2.51. The number of fused-ring (bicyclic) bond motifs is 5. The van der Waals surface area contributed by atoms with E-state index in [1.165, 1.54) is 51.0 Å². The van der Waals surface area contributed by atoms with Crippen molar-refractivity contribution in [2.45, 2.75) is 111 Å². The molecule has 1 saturated carbocycles. The number of benzene rings is 1. The lowest BCUT2D eigenvalue weighted by molar-refractivity contribution is -0.146. The largest absolute Gasteiger partial charge is 0.462 e. The maximum absolute atomic E-state index is 11.4. The van der Waals surface area contributed by atoms with E-state index < -0.39 is 0 Å². The average molecular weight is 425 g/mol. The summed E-state index contributed by atoms with van der Waals surface area (Å²) in [6.07, 6.45) is 11.2. The van der Waals surface area contributed by atoms with Crippen molar-refractivity contribution < 1.29 is 9.53 Å². The average Bonchev–Trinajstić information content (AvgIpc) is 3.08. The Morgan fingerprint density at radius 1 is 1.06 bits per heavy atom. The van der Waals surface area contributed by atoms with Crippen molar-refractivity contribution in [3.8, 4) is 0 Å². The molecule has 4 rings (SSSR count). The Labute approximate surface area is 190 Å². The van der Waals surface area contributed by atoms with Gasteiger partial charge in [0.25, 0.3) is 0 Å². The summed E-state index contributed by atoms with van der Waals surface area (Å²) in [5.41, 5.74) is 6.85. The Morgan fingerprint density at radius 2 is 1.84 bits per heavy atom. The number of rotatable bonds is 6. The molecule has 1 aromatic carbocycles. The Morgan fingerprint density at radius 3 is 2.55 bits per heavy atom. The molecule has 31 heavy (non-hydrogen) atoms. The van der Waals surface area contributed by atoms with E-state index in [1.54, 1.807) is 16.7 Å². The normalized spacial score (nSPS) is 31.5. The van der Waals surface area contributed by atoms with Crippen molar-refractivity contribution in [3.05, 3.63) is 34.4 Å². The topological polar surface area (TPSA) is 26.3 Å². The van der Waals surface area contributed by atoms with Gasteiger partial charge in [0.05, 0.1) is 0 Å². The third-order valence-corrected chi connectivity index (χ3v) is 9.66. The Hall–Kier alpha value is -1.31. The van der Waals surface area contributed by atoms with Gasteiger partial charge in [-0.1, -0.05) is 59.6 Å². The molecule has 0 N–H and O–H groups in total. The number of hydrogen-bond donors (Lipinski definition) is 0. The minimum atomic E-state index is -0.143. The first-order chi connectivity index (χ1) is 14.7. The summed E-state index contributed by atoms with van der Waals surface area (Å²) in [6.45, 7) is 13.9. The second kappa shape index (κ2) is 8.91. The van der Waals surface area contributed by atoms with Gasteiger partial charge in [-0.15, -0.1) is 0 Å². The maximum atomic E-state index is 11.4. The van der Waals surface area contributed by atoms with Crippen LogP contribution in [0.15, 0.2) is 12.1 Å². The van der Waals surface area contributed by atoms with Crippen LogP contribution < -0.4 is 0 Å². The quantitative estimate of drug-likeness (QED) is 0.449. The van der Waals surface area contributed by atoms with E-state index in [2.05, 4.69) is 46.8 Å². The zero-order chi connectivity index (χ0) is 22.3. The summed E-state index contributed by atoms with van der Waals surface area (Å²) in [7, 11) is 0. The summed E-state index contributed by atoms with van der Waals surface area (Å²) >= 11 is 0. The third kappa shape index (κ3) is 4.33. The summed E-state index contributed by atoms with van der Waals surface area (Å²) in [6, 6.07) is 4.83. The Kier molecular flexibility index (Phi) is 6.57. The monoisotopic (exact) mass is 424 g/mol. The molecule has 0 amide bonds. The molecule has 0 saturated heterocycles.